The van der Waals surface area contributed by atoms with Crippen LogP contribution in [-0.4, -0.2) is 38.5 Å². The van der Waals surface area contributed by atoms with Crippen LogP contribution in [0.25, 0.3) is 28.1 Å². The van der Waals surface area contributed by atoms with Crippen LogP contribution in [0.5, 0.6) is 0 Å². The molecule has 1 aromatic heterocycles. The number of benzene rings is 3. The summed E-state index contributed by atoms with van der Waals surface area (Å²) in [5, 5.41) is 29.9. The van der Waals surface area contributed by atoms with Crippen molar-refractivity contribution in [2.45, 2.75) is 56.8 Å². The van der Waals surface area contributed by atoms with Crippen molar-refractivity contribution in [3.8, 4) is 11.1 Å². The Morgan fingerprint density at radius 2 is 1.68 bits per heavy atom. The van der Waals surface area contributed by atoms with E-state index in [1.54, 1.807) is 24.3 Å². The Morgan fingerprint density at radius 1 is 1.02 bits per heavy atom. The number of aromatic nitrogens is 1. The summed E-state index contributed by atoms with van der Waals surface area (Å²) in [7, 11) is 0. The van der Waals surface area contributed by atoms with Gasteiger partial charge in [0.05, 0.1) is 29.8 Å². The maximum Gasteiger partial charge on any atom is 0.305 e. The first kappa shape index (κ1) is 29.1. The first-order valence-corrected chi connectivity index (χ1v) is 13.5. The monoisotopic (exact) mass is 542 g/mol. The quantitative estimate of drug-likeness (QED) is 0.199. The molecule has 0 bridgehead atoms. The second-order valence-corrected chi connectivity index (χ2v) is 10.2. The van der Waals surface area contributed by atoms with E-state index >= 15 is 0 Å². The number of nitrogens with zero attached hydrogens (tertiary/aromatic N) is 1. The Kier molecular flexibility index (Phi) is 9.77. The number of hydrogen-bond donors (Lipinski definition) is 4. The Morgan fingerprint density at radius 3 is 2.27 bits per heavy atom. The van der Waals surface area contributed by atoms with Crippen LogP contribution in [0.1, 0.15) is 61.4 Å². The number of aliphatic hydroxyl groups is 2. The van der Waals surface area contributed by atoms with E-state index < -0.39 is 24.6 Å². The fourth-order valence-electron chi connectivity index (χ4n) is 4.62. The molecule has 5 N–H and O–H groups in total. The molecule has 5 rings (SSSR count). The average Bonchev–Trinajstić information content (AvgIpc) is 3.78. The Balaban J connectivity index is 0.000000350. The zero-order chi connectivity index (χ0) is 28.6. The van der Waals surface area contributed by atoms with E-state index in [9.17, 15) is 19.4 Å². The summed E-state index contributed by atoms with van der Waals surface area (Å²) in [6.45, 7) is 1.98. The number of rotatable bonds is 9. The fourth-order valence-corrected chi connectivity index (χ4v) is 4.62. The lowest BCUT2D eigenvalue weighted by atomic mass is 9.92. The summed E-state index contributed by atoms with van der Waals surface area (Å²) in [5.41, 5.74) is 11.2. The third kappa shape index (κ3) is 7.82. The summed E-state index contributed by atoms with van der Waals surface area (Å²) >= 11 is 0. The number of para-hydroxylation sites is 1. The number of hydrogen-bond acceptors (Lipinski definition) is 5. The highest BCUT2D eigenvalue weighted by atomic mass is 19.1. The summed E-state index contributed by atoms with van der Waals surface area (Å²) in [6.07, 6.45) is 2.80. The maximum absolute atomic E-state index is 13.6. The molecule has 0 unspecified atom stereocenters. The highest BCUT2D eigenvalue weighted by Gasteiger charge is 2.29. The van der Waals surface area contributed by atoms with Crippen molar-refractivity contribution >= 4 is 22.9 Å². The molecule has 1 aliphatic carbocycles. The number of carboxylic acid groups (broad SMARTS) is 1. The van der Waals surface area contributed by atoms with Crippen LogP contribution >= 0.6 is 0 Å². The van der Waals surface area contributed by atoms with E-state index in [1.165, 1.54) is 17.7 Å². The minimum absolute atomic E-state index is 0.0749. The number of carboxylic acids is 1. The molecule has 208 valence electrons. The van der Waals surface area contributed by atoms with E-state index in [1.807, 2.05) is 61.5 Å². The molecule has 0 aliphatic heterocycles. The van der Waals surface area contributed by atoms with Gasteiger partial charge in [-0.15, -0.1) is 0 Å². The van der Waals surface area contributed by atoms with Crippen molar-refractivity contribution in [1.29, 1.82) is 0 Å². The van der Waals surface area contributed by atoms with Gasteiger partial charge in [0.2, 0.25) is 0 Å². The van der Waals surface area contributed by atoms with E-state index in [0.717, 1.165) is 46.1 Å². The number of nitrogens with two attached hydrogens (primary N) is 1. The van der Waals surface area contributed by atoms with Gasteiger partial charge in [0, 0.05) is 34.9 Å². The molecule has 7 heteroatoms. The summed E-state index contributed by atoms with van der Waals surface area (Å²) in [4.78, 5) is 15.6. The fraction of sp³-hybridized carbons (Fsp3) is 0.273. The van der Waals surface area contributed by atoms with Gasteiger partial charge < -0.3 is 21.1 Å². The van der Waals surface area contributed by atoms with Gasteiger partial charge in [-0.25, -0.2) is 4.39 Å². The van der Waals surface area contributed by atoms with Gasteiger partial charge >= 0.3 is 5.97 Å². The summed E-state index contributed by atoms with van der Waals surface area (Å²) < 4.78 is 13.6. The zero-order valence-electron chi connectivity index (χ0n) is 22.5. The highest BCUT2D eigenvalue weighted by Crippen LogP contribution is 2.45. The van der Waals surface area contributed by atoms with Crippen LogP contribution < -0.4 is 5.73 Å². The molecule has 0 amide bonds. The summed E-state index contributed by atoms with van der Waals surface area (Å²) in [6, 6.07) is 24.3. The van der Waals surface area contributed by atoms with Crippen molar-refractivity contribution in [1.82, 2.24) is 4.98 Å². The second kappa shape index (κ2) is 13.4. The van der Waals surface area contributed by atoms with Gasteiger partial charge in [0.1, 0.15) is 5.82 Å². The average molecular weight is 543 g/mol. The first-order chi connectivity index (χ1) is 19.2. The molecule has 1 aliphatic rings. The molecule has 1 heterocycles. The van der Waals surface area contributed by atoms with Crippen LogP contribution in [-0.2, 0) is 4.79 Å². The molecule has 3 aromatic carbocycles. The topological polar surface area (TPSA) is 117 Å². The van der Waals surface area contributed by atoms with Gasteiger partial charge in [-0.1, -0.05) is 72.8 Å². The van der Waals surface area contributed by atoms with Crippen molar-refractivity contribution in [3.63, 3.8) is 0 Å². The van der Waals surface area contributed by atoms with E-state index in [0.29, 0.717) is 5.92 Å². The van der Waals surface area contributed by atoms with Crippen molar-refractivity contribution in [2.24, 2.45) is 5.73 Å². The van der Waals surface area contributed by atoms with Gasteiger partial charge in [0.25, 0.3) is 0 Å². The van der Waals surface area contributed by atoms with Crippen LogP contribution in [0.15, 0.2) is 84.9 Å². The number of aliphatic carboxylic acids is 1. The number of pyridine rings is 1. The van der Waals surface area contributed by atoms with Crippen LogP contribution in [0, 0.1) is 5.82 Å². The standard InChI is InChI=1S/C25H24FNO4.C8H11N/c26-17-9-7-15(8-10-17)24-20-3-1-2-4-22(20)27-25(16-5-6-16)21(24)12-11-18(28)13-19(29)14-23(30)31;1-7(9)8-5-3-2-4-6-8/h1-4,7-12,16,18-19,28-29H,5-6,13-14H2,(H,30,31);2-7H,9H2,1H3/b12-11+;/t18-,19-;7-/m11/s1. The number of carbonyl (C=O) groups is 1. The molecule has 40 heavy (non-hydrogen) atoms. The maximum atomic E-state index is 13.6. The van der Waals surface area contributed by atoms with E-state index in [4.69, 9.17) is 15.8 Å². The van der Waals surface area contributed by atoms with Gasteiger partial charge in [-0.2, -0.15) is 0 Å². The van der Waals surface area contributed by atoms with Crippen molar-refractivity contribution in [2.75, 3.05) is 0 Å². The molecule has 0 radical (unpaired) electrons. The third-order valence-corrected chi connectivity index (χ3v) is 6.79. The number of fused-ring (bicyclic) bond motifs is 1. The van der Waals surface area contributed by atoms with Crippen LogP contribution in [0.3, 0.4) is 0 Å². The lowest BCUT2D eigenvalue weighted by molar-refractivity contribution is -0.139. The highest BCUT2D eigenvalue weighted by molar-refractivity contribution is 5.99. The Bertz CT molecular complexity index is 1450. The molecule has 0 saturated heterocycles. The zero-order valence-corrected chi connectivity index (χ0v) is 22.5. The molecule has 1 fully saturated rings. The van der Waals surface area contributed by atoms with E-state index in [2.05, 4.69) is 0 Å². The Hall–Kier alpha value is -3.91. The molecule has 1 saturated carbocycles. The summed E-state index contributed by atoms with van der Waals surface area (Å²) in [5.74, 6) is -1.10. The van der Waals surface area contributed by atoms with Crippen LogP contribution in [0.4, 0.5) is 4.39 Å². The number of aliphatic hydroxyl groups excluding tert-OH is 2. The smallest absolute Gasteiger partial charge is 0.305 e. The molecular weight excluding hydrogens is 507 g/mol. The normalized spacial score (nSPS) is 15.3. The van der Waals surface area contributed by atoms with Crippen LogP contribution in [0.2, 0.25) is 0 Å². The predicted octanol–water partition coefficient (Wildman–Crippen LogP) is 6.22. The third-order valence-electron chi connectivity index (χ3n) is 6.79. The van der Waals surface area contributed by atoms with Gasteiger partial charge in [-0.05, 0) is 49.1 Å². The molecule has 3 atom stereocenters. The molecule has 6 nitrogen and oxygen atoms in total. The van der Waals surface area contributed by atoms with Gasteiger partial charge in [-0.3, -0.25) is 9.78 Å². The van der Waals surface area contributed by atoms with Crippen molar-refractivity contribution in [3.05, 3.63) is 108 Å². The Labute approximate surface area is 233 Å². The lowest BCUT2D eigenvalue weighted by Gasteiger charge is -2.16. The van der Waals surface area contributed by atoms with Crippen molar-refractivity contribution < 1.29 is 24.5 Å². The lowest BCUT2D eigenvalue weighted by Crippen LogP contribution is -2.19. The van der Waals surface area contributed by atoms with Gasteiger partial charge in [0.15, 0.2) is 0 Å². The predicted molar refractivity (Wildman–Crippen MR) is 156 cm³/mol. The SMILES string of the molecule is C[C@@H](N)c1ccccc1.O=C(O)C[C@H](O)C[C@H](O)/C=C/c1c(C2CC2)nc2ccccc2c1-c1ccc(F)cc1. The minimum Gasteiger partial charge on any atom is -0.481 e. The minimum atomic E-state index is -1.13. The number of halogens is 1. The largest absolute Gasteiger partial charge is 0.481 e. The molecule has 0 spiro atoms. The van der Waals surface area contributed by atoms with E-state index in [-0.39, 0.29) is 18.3 Å². The first-order valence-electron chi connectivity index (χ1n) is 13.5. The molecule has 4 aromatic rings. The molecular formula is C33H35FN2O4. The second-order valence-electron chi connectivity index (χ2n) is 10.2.